The van der Waals surface area contributed by atoms with Crippen LogP contribution in [0.2, 0.25) is 0 Å². The second-order valence-corrected chi connectivity index (χ2v) is 7.66. The minimum Gasteiger partial charge on any atom is -0.392 e. The van der Waals surface area contributed by atoms with E-state index >= 15 is 0 Å². The van der Waals surface area contributed by atoms with E-state index in [4.69, 9.17) is 4.98 Å². The van der Waals surface area contributed by atoms with E-state index in [0.29, 0.717) is 28.9 Å². The summed E-state index contributed by atoms with van der Waals surface area (Å²) < 4.78 is 1.91. The van der Waals surface area contributed by atoms with Crippen LogP contribution in [0.4, 0.5) is 5.82 Å². The molecule has 7 heteroatoms. The van der Waals surface area contributed by atoms with Crippen molar-refractivity contribution in [2.24, 2.45) is 0 Å². The van der Waals surface area contributed by atoms with Crippen molar-refractivity contribution in [3.8, 4) is 11.4 Å². The van der Waals surface area contributed by atoms with Gasteiger partial charge in [0.2, 0.25) is 0 Å². The molecule has 4 rings (SSSR count). The largest absolute Gasteiger partial charge is 0.392 e. The van der Waals surface area contributed by atoms with Crippen LogP contribution in [0.5, 0.6) is 0 Å². The summed E-state index contributed by atoms with van der Waals surface area (Å²) in [7, 11) is 0. The van der Waals surface area contributed by atoms with Crippen molar-refractivity contribution in [1.82, 2.24) is 19.7 Å². The first-order valence-electron chi connectivity index (χ1n) is 9.18. The Kier molecular flexibility index (Phi) is 4.38. The summed E-state index contributed by atoms with van der Waals surface area (Å²) in [4.78, 5) is 9.20. The van der Waals surface area contributed by atoms with Gasteiger partial charge in [-0.2, -0.15) is 0 Å². The molecule has 0 bridgehead atoms. The Balaban J connectivity index is 1.75. The van der Waals surface area contributed by atoms with Gasteiger partial charge in [0, 0.05) is 24.3 Å². The van der Waals surface area contributed by atoms with Crippen molar-refractivity contribution in [2.75, 3.05) is 11.9 Å². The van der Waals surface area contributed by atoms with E-state index in [2.05, 4.69) is 22.5 Å². The van der Waals surface area contributed by atoms with Crippen LogP contribution in [0.1, 0.15) is 31.9 Å². The lowest BCUT2D eigenvalue weighted by Gasteiger charge is -2.36. The third kappa shape index (κ3) is 3.29. The topological polar surface area (TPSA) is 94.7 Å². The number of pyridine rings is 2. The zero-order valence-electron chi connectivity index (χ0n) is 15.8. The van der Waals surface area contributed by atoms with Crippen LogP contribution >= 0.6 is 0 Å². The molecule has 3 aromatic rings. The molecule has 7 nitrogen and oxygen atoms in total. The van der Waals surface area contributed by atoms with Gasteiger partial charge in [-0.15, -0.1) is 0 Å². The maximum Gasteiger partial charge on any atom is 0.137 e. The SMILES string of the molecule is C[C@@H]1NC[C@H]1Nc1cccc(-c2cnc3cc(CO)c(C(C)(C)O)cn23)n1. The molecular formula is C20H25N5O2. The Bertz CT molecular complexity index is 976. The molecule has 0 radical (unpaired) electrons. The standard InChI is InChI=1S/C20H25N5O2/c1-12-16(8-21-12)24-18-6-4-5-15(23-18)17-9-22-19-7-13(11-26)14(10-25(17)19)20(2,3)27/h4-7,9-10,12,16,21,26-27H,8,11H2,1-3H3,(H,23,24)/t12-,16+/m0/s1. The number of aliphatic hydroxyl groups excluding tert-OH is 1. The summed E-state index contributed by atoms with van der Waals surface area (Å²) in [5.41, 5.74) is 2.61. The van der Waals surface area contributed by atoms with Gasteiger partial charge in [-0.25, -0.2) is 9.97 Å². The molecule has 1 aliphatic rings. The Labute approximate surface area is 158 Å². The minimum absolute atomic E-state index is 0.150. The molecule has 1 fully saturated rings. The van der Waals surface area contributed by atoms with Gasteiger partial charge in [0.1, 0.15) is 11.5 Å². The zero-order valence-corrected chi connectivity index (χ0v) is 15.8. The summed E-state index contributed by atoms with van der Waals surface area (Å²) >= 11 is 0. The Hall–Kier alpha value is -2.48. The van der Waals surface area contributed by atoms with Crippen molar-refractivity contribution < 1.29 is 10.2 Å². The van der Waals surface area contributed by atoms with E-state index in [1.54, 1.807) is 26.1 Å². The number of rotatable bonds is 5. The molecule has 1 saturated heterocycles. The van der Waals surface area contributed by atoms with Gasteiger partial charge in [-0.3, -0.25) is 4.40 Å². The number of hydrogen-bond donors (Lipinski definition) is 4. The Morgan fingerprint density at radius 3 is 2.81 bits per heavy atom. The molecule has 27 heavy (non-hydrogen) atoms. The average molecular weight is 367 g/mol. The van der Waals surface area contributed by atoms with Crippen LogP contribution in [0.3, 0.4) is 0 Å². The average Bonchev–Trinajstić information content (AvgIpc) is 3.06. The predicted molar refractivity (Wildman–Crippen MR) is 104 cm³/mol. The third-order valence-corrected chi connectivity index (χ3v) is 5.17. The lowest BCUT2D eigenvalue weighted by molar-refractivity contribution is 0.0755. The molecule has 3 aromatic heterocycles. The fourth-order valence-corrected chi connectivity index (χ4v) is 3.43. The highest BCUT2D eigenvalue weighted by atomic mass is 16.3. The van der Waals surface area contributed by atoms with Gasteiger partial charge in [-0.05, 0) is 44.5 Å². The number of fused-ring (bicyclic) bond motifs is 1. The summed E-state index contributed by atoms with van der Waals surface area (Å²) in [6.45, 7) is 6.35. The van der Waals surface area contributed by atoms with Gasteiger partial charge < -0.3 is 20.8 Å². The molecule has 0 spiro atoms. The van der Waals surface area contributed by atoms with Crippen molar-refractivity contribution >= 4 is 11.5 Å². The molecule has 0 saturated carbocycles. The molecule has 0 aliphatic carbocycles. The molecular weight excluding hydrogens is 342 g/mol. The number of imidazole rings is 1. The molecule has 4 heterocycles. The normalized spacial score (nSPS) is 19.9. The number of aromatic nitrogens is 3. The van der Waals surface area contributed by atoms with Gasteiger partial charge in [-0.1, -0.05) is 6.07 Å². The summed E-state index contributed by atoms with van der Waals surface area (Å²) in [6.07, 6.45) is 3.60. The maximum atomic E-state index is 10.5. The third-order valence-electron chi connectivity index (χ3n) is 5.17. The van der Waals surface area contributed by atoms with E-state index in [1.165, 1.54) is 0 Å². The summed E-state index contributed by atoms with van der Waals surface area (Å²) in [5, 5.41) is 26.9. The number of hydrogen-bond acceptors (Lipinski definition) is 6. The second kappa shape index (κ2) is 6.60. The van der Waals surface area contributed by atoms with Crippen molar-refractivity contribution in [1.29, 1.82) is 0 Å². The molecule has 4 N–H and O–H groups in total. The highest BCUT2D eigenvalue weighted by Crippen LogP contribution is 2.28. The van der Waals surface area contributed by atoms with Gasteiger partial charge in [0.15, 0.2) is 0 Å². The maximum absolute atomic E-state index is 10.5. The number of aliphatic hydroxyl groups is 2. The van der Waals surface area contributed by atoms with E-state index in [-0.39, 0.29) is 6.61 Å². The predicted octanol–water partition coefficient (Wildman–Crippen LogP) is 1.89. The molecule has 142 valence electrons. The van der Waals surface area contributed by atoms with Crippen molar-refractivity contribution in [3.05, 3.63) is 47.8 Å². The zero-order chi connectivity index (χ0) is 19.2. The fourth-order valence-electron chi connectivity index (χ4n) is 3.43. The molecule has 0 unspecified atom stereocenters. The van der Waals surface area contributed by atoms with Crippen LogP contribution in [0, 0.1) is 0 Å². The van der Waals surface area contributed by atoms with Crippen LogP contribution in [-0.2, 0) is 12.2 Å². The number of anilines is 1. The molecule has 0 aromatic carbocycles. The first-order valence-corrected chi connectivity index (χ1v) is 9.18. The molecule has 1 aliphatic heterocycles. The first-order chi connectivity index (χ1) is 12.9. The van der Waals surface area contributed by atoms with Crippen LogP contribution in [-0.4, -0.2) is 43.2 Å². The monoisotopic (exact) mass is 367 g/mol. The number of nitrogens with zero attached hydrogens (tertiary/aromatic N) is 3. The van der Waals surface area contributed by atoms with E-state index in [9.17, 15) is 10.2 Å². The second-order valence-electron chi connectivity index (χ2n) is 7.66. The van der Waals surface area contributed by atoms with Crippen molar-refractivity contribution in [3.63, 3.8) is 0 Å². The van der Waals surface area contributed by atoms with E-state index in [0.717, 1.165) is 23.8 Å². The summed E-state index contributed by atoms with van der Waals surface area (Å²) in [5.74, 6) is 0.829. The molecule has 0 amide bonds. The highest BCUT2D eigenvalue weighted by molar-refractivity contribution is 5.63. The van der Waals surface area contributed by atoms with Gasteiger partial charge >= 0.3 is 0 Å². The first kappa shape index (κ1) is 17.9. The smallest absolute Gasteiger partial charge is 0.137 e. The highest BCUT2D eigenvalue weighted by Gasteiger charge is 2.26. The van der Waals surface area contributed by atoms with Crippen LogP contribution in [0.15, 0.2) is 36.7 Å². The van der Waals surface area contributed by atoms with Crippen LogP contribution in [0.25, 0.3) is 17.0 Å². The van der Waals surface area contributed by atoms with Crippen molar-refractivity contribution in [2.45, 2.75) is 45.1 Å². The molecule has 2 atom stereocenters. The number of nitrogens with one attached hydrogen (secondary N) is 2. The fraction of sp³-hybridized carbons (Fsp3) is 0.400. The van der Waals surface area contributed by atoms with Crippen LogP contribution < -0.4 is 10.6 Å². The van der Waals surface area contributed by atoms with E-state index < -0.39 is 5.60 Å². The van der Waals surface area contributed by atoms with E-state index in [1.807, 2.05) is 28.8 Å². The summed E-state index contributed by atoms with van der Waals surface area (Å²) in [6, 6.07) is 8.49. The van der Waals surface area contributed by atoms with Gasteiger partial charge in [0.25, 0.3) is 0 Å². The Morgan fingerprint density at radius 1 is 1.37 bits per heavy atom. The van der Waals surface area contributed by atoms with Gasteiger partial charge in [0.05, 0.1) is 35.8 Å². The Morgan fingerprint density at radius 2 is 2.19 bits per heavy atom. The quantitative estimate of drug-likeness (QED) is 0.550. The minimum atomic E-state index is -1.07. The lowest BCUT2D eigenvalue weighted by Crippen LogP contribution is -2.59. The lowest BCUT2D eigenvalue weighted by atomic mass is 9.95.